The number of rotatable bonds is 3. The van der Waals surface area contributed by atoms with Gasteiger partial charge in [-0.1, -0.05) is 23.7 Å². The van der Waals surface area contributed by atoms with E-state index < -0.39 is 0 Å². The largest absolute Gasteiger partial charge is 0.274 e. The second-order valence-electron chi connectivity index (χ2n) is 4.85. The van der Waals surface area contributed by atoms with Crippen molar-refractivity contribution in [2.45, 2.75) is 12.8 Å². The average Bonchev–Trinajstić information content (AvgIpc) is 2.77. The van der Waals surface area contributed by atoms with Gasteiger partial charge in [0.05, 0.1) is 5.92 Å². The molecule has 1 aliphatic heterocycles. The first-order valence-corrected chi connectivity index (χ1v) is 6.91. The summed E-state index contributed by atoms with van der Waals surface area (Å²) in [7, 11) is 0. The van der Waals surface area contributed by atoms with E-state index in [0.29, 0.717) is 11.4 Å². The molecule has 6 heteroatoms. The van der Waals surface area contributed by atoms with Gasteiger partial charge in [-0.15, -0.1) is 0 Å². The van der Waals surface area contributed by atoms with Gasteiger partial charge in [0.25, 0.3) is 0 Å². The molecule has 0 saturated carbocycles. The number of aromatic nitrogens is 2. The number of amides is 2. The molecule has 5 nitrogen and oxygen atoms in total. The number of hydrogen-bond donors (Lipinski definition) is 0. The van der Waals surface area contributed by atoms with Crippen LogP contribution < -0.4 is 4.90 Å². The van der Waals surface area contributed by atoms with Gasteiger partial charge >= 0.3 is 0 Å². The van der Waals surface area contributed by atoms with Gasteiger partial charge in [-0.3, -0.25) is 9.59 Å². The summed E-state index contributed by atoms with van der Waals surface area (Å²) in [5.74, 6) is -0.736. The Morgan fingerprint density at radius 1 is 1.14 bits per heavy atom. The summed E-state index contributed by atoms with van der Waals surface area (Å²) in [5, 5.41) is 0.645. The third kappa shape index (κ3) is 2.78. The van der Waals surface area contributed by atoms with Crippen LogP contribution in [0.1, 0.15) is 12.0 Å². The van der Waals surface area contributed by atoms with Crippen LogP contribution in [0.3, 0.4) is 0 Å². The predicted molar refractivity (Wildman–Crippen MR) is 77.8 cm³/mol. The quantitative estimate of drug-likeness (QED) is 0.816. The molecule has 2 heterocycles. The van der Waals surface area contributed by atoms with Gasteiger partial charge < -0.3 is 0 Å². The topological polar surface area (TPSA) is 63.2 Å². The highest BCUT2D eigenvalue weighted by Gasteiger charge is 2.40. The minimum Gasteiger partial charge on any atom is -0.274 e. The summed E-state index contributed by atoms with van der Waals surface area (Å²) in [5.41, 5.74) is 0.974. The summed E-state index contributed by atoms with van der Waals surface area (Å²) >= 11 is 5.84. The predicted octanol–water partition coefficient (Wildman–Crippen LogP) is 2.25. The standard InChI is InChI=1S/C15H12ClN3O2/c16-12-4-2-10(3-5-12)8-11-9-13(20)19(14(11)21)15-17-6-1-7-18-15/h1-7,11H,8-9H2/t11-/m1/s1. The molecule has 3 rings (SSSR count). The maximum Gasteiger partial charge on any atom is 0.240 e. The number of hydrogen-bond acceptors (Lipinski definition) is 4. The van der Waals surface area contributed by atoms with E-state index in [2.05, 4.69) is 9.97 Å². The third-order valence-electron chi connectivity index (χ3n) is 3.39. The third-order valence-corrected chi connectivity index (χ3v) is 3.64. The molecule has 2 amide bonds. The molecule has 0 radical (unpaired) electrons. The van der Waals surface area contributed by atoms with Crippen LogP contribution in [0.4, 0.5) is 5.95 Å². The van der Waals surface area contributed by atoms with Gasteiger partial charge in [-0.25, -0.2) is 14.9 Å². The molecule has 1 atom stereocenters. The van der Waals surface area contributed by atoms with Gasteiger partial charge in [-0.05, 0) is 30.2 Å². The number of nitrogens with zero attached hydrogens (tertiary/aromatic N) is 3. The second kappa shape index (κ2) is 5.61. The number of halogens is 1. The van der Waals surface area contributed by atoms with Crippen LogP contribution in [0.5, 0.6) is 0 Å². The molecule has 1 aromatic carbocycles. The van der Waals surface area contributed by atoms with Crippen molar-refractivity contribution in [1.82, 2.24) is 9.97 Å². The highest BCUT2D eigenvalue weighted by atomic mass is 35.5. The van der Waals surface area contributed by atoms with Crippen molar-refractivity contribution < 1.29 is 9.59 Å². The van der Waals surface area contributed by atoms with E-state index in [-0.39, 0.29) is 30.1 Å². The Balaban J connectivity index is 1.79. The fourth-order valence-corrected chi connectivity index (χ4v) is 2.50. The first kappa shape index (κ1) is 13.7. The number of anilines is 1. The fraction of sp³-hybridized carbons (Fsp3) is 0.200. The van der Waals surface area contributed by atoms with Crippen LogP contribution in [0, 0.1) is 5.92 Å². The molecular formula is C15H12ClN3O2. The summed E-state index contributed by atoms with van der Waals surface area (Å²) in [6.07, 6.45) is 3.70. The molecule has 1 aliphatic rings. The Bertz CT molecular complexity index is 673. The fourth-order valence-electron chi connectivity index (χ4n) is 2.38. The highest BCUT2D eigenvalue weighted by Crippen LogP contribution is 2.26. The van der Waals surface area contributed by atoms with Crippen LogP contribution in [-0.4, -0.2) is 21.8 Å². The second-order valence-corrected chi connectivity index (χ2v) is 5.28. The summed E-state index contributed by atoms with van der Waals surface area (Å²) in [6, 6.07) is 8.91. The van der Waals surface area contributed by atoms with E-state index in [9.17, 15) is 9.59 Å². The van der Waals surface area contributed by atoms with E-state index >= 15 is 0 Å². The molecule has 21 heavy (non-hydrogen) atoms. The zero-order chi connectivity index (χ0) is 14.8. The van der Waals surface area contributed by atoms with E-state index in [0.717, 1.165) is 10.5 Å². The first-order valence-electron chi connectivity index (χ1n) is 6.53. The lowest BCUT2D eigenvalue weighted by molar-refractivity contribution is -0.122. The normalized spacial score (nSPS) is 18.3. The minimum absolute atomic E-state index is 0.145. The zero-order valence-electron chi connectivity index (χ0n) is 11.1. The average molecular weight is 302 g/mol. The summed E-state index contributed by atoms with van der Waals surface area (Å²) in [4.78, 5) is 33.4. The van der Waals surface area contributed by atoms with Gasteiger partial charge in [0.1, 0.15) is 0 Å². The monoisotopic (exact) mass is 301 g/mol. The Kier molecular flexibility index (Phi) is 3.66. The SMILES string of the molecule is O=C1C[C@@H](Cc2ccc(Cl)cc2)C(=O)N1c1ncccn1. The molecule has 0 aliphatic carbocycles. The Morgan fingerprint density at radius 2 is 1.81 bits per heavy atom. The van der Waals surface area contributed by atoms with Gasteiger partial charge in [0.2, 0.25) is 17.8 Å². The van der Waals surface area contributed by atoms with Gasteiger partial charge in [0.15, 0.2) is 0 Å². The highest BCUT2D eigenvalue weighted by molar-refractivity contribution is 6.30. The number of carbonyl (C=O) groups is 2. The van der Waals surface area contributed by atoms with Gasteiger partial charge in [-0.2, -0.15) is 0 Å². The summed E-state index contributed by atoms with van der Waals surface area (Å²) in [6.45, 7) is 0. The lowest BCUT2D eigenvalue weighted by Gasteiger charge is -2.12. The molecule has 1 saturated heterocycles. The maximum absolute atomic E-state index is 12.4. The molecule has 106 valence electrons. The van der Waals surface area contributed by atoms with E-state index in [1.165, 1.54) is 12.4 Å². The van der Waals surface area contributed by atoms with Crippen LogP contribution in [0.25, 0.3) is 0 Å². The number of benzene rings is 1. The van der Waals surface area contributed by atoms with Crippen molar-refractivity contribution in [3.8, 4) is 0 Å². The molecule has 1 aromatic heterocycles. The maximum atomic E-state index is 12.4. The lowest BCUT2D eigenvalue weighted by atomic mass is 9.98. The number of carbonyl (C=O) groups excluding carboxylic acids is 2. The molecular weight excluding hydrogens is 290 g/mol. The van der Waals surface area contributed by atoms with E-state index in [1.54, 1.807) is 18.2 Å². The van der Waals surface area contributed by atoms with Crippen LogP contribution in [0.2, 0.25) is 5.02 Å². The molecule has 1 fully saturated rings. The number of imide groups is 1. The van der Waals surface area contributed by atoms with Crippen LogP contribution >= 0.6 is 11.6 Å². The zero-order valence-corrected chi connectivity index (χ0v) is 11.8. The Morgan fingerprint density at radius 3 is 2.48 bits per heavy atom. The smallest absolute Gasteiger partial charge is 0.240 e. The Labute approximate surface area is 126 Å². The molecule has 0 spiro atoms. The van der Waals surface area contributed by atoms with Crippen molar-refractivity contribution in [3.63, 3.8) is 0 Å². The van der Waals surface area contributed by atoms with Crippen molar-refractivity contribution in [2.75, 3.05) is 4.90 Å². The molecule has 2 aromatic rings. The van der Waals surface area contributed by atoms with Crippen molar-refractivity contribution in [1.29, 1.82) is 0 Å². The summed E-state index contributed by atoms with van der Waals surface area (Å²) < 4.78 is 0. The van der Waals surface area contributed by atoms with Crippen molar-refractivity contribution in [3.05, 3.63) is 53.3 Å². The molecule has 0 bridgehead atoms. The van der Waals surface area contributed by atoms with Crippen LogP contribution in [-0.2, 0) is 16.0 Å². The lowest BCUT2D eigenvalue weighted by Crippen LogP contribution is -2.32. The molecule has 0 unspecified atom stereocenters. The minimum atomic E-state index is -0.373. The van der Waals surface area contributed by atoms with E-state index in [1.807, 2.05) is 12.1 Å². The van der Waals surface area contributed by atoms with Gasteiger partial charge in [0, 0.05) is 23.8 Å². The Hall–Kier alpha value is -2.27. The van der Waals surface area contributed by atoms with Crippen molar-refractivity contribution in [2.24, 2.45) is 5.92 Å². The van der Waals surface area contributed by atoms with Crippen molar-refractivity contribution >= 4 is 29.4 Å². The van der Waals surface area contributed by atoms with Crippen LogP contribution in [0.15, 0.2) is 42.7 Å². The molecule has 0 N–H and O–H groups in total. The first-order chi connectivity index (χ1) is 10.1. The van der Waals surface area contributed by atoms with E-state index in [4.69, 9.17) is 11.6 Å².